The maximum absolute atomic E-state index is 11.1. The molecule has 146 valence electrons. The summed E-state index contributed by atoms with van der Waals surface area (Å²) in [7, 11) is 1.39. The van der Waals surface area contributed by atoms with Crippen molar-refractivity contribution >= 4 is 44.8 Å². The number of aromatic hydroxyl groups is 1. The third kappa shape index (κ3) is 4.84. The molecule has 3 aromatic rings. The maximum atomic E-state index is 11.1. The number of phenols is 1. The van der Waals surface area contributed by atoms with Crippen LogP contribution in [0.5, 0.6) is 11.5 Å². The van der Waals surface area contributed by atoms with Gasteiger partial charge < -0.3 is 9.84 Å². The number of nitrogens with one attached hydrogen (secondary N) is 1. The van der Waals surface area contributed by atoms with Crippen LogP contribution in [0.15, 0.2) is 52.9 Å². The Morgan fingerprint density at radius 2 is 2.00 bits per heavy atom. The van der Waals surface area contributed by atoms with Crippen LogP contribution in [0.25, 0.3) is 11.3 Å². The predicted molar refractivity (Wildman–Crippen MR) is 115 cm³/mol. The highest BCUT2D eigenvalue weighted by Crippen LogP contribution is 2.28. The lowest BCUT2D eigenvalue weighted by molar-refractivity contribution is -0.385. The van der Waals surface area contributed by atoms with Crippen molar-refractivity contribution in [2.24, 2.45) is 5.10 Å². The Hall–Kier alpha value is -2.98. The highest BCUT2D eigenvalue weighted by Gasteiger charge is 2.16. The number of phenolic OH excluding ortho intramolecular Hbond substituents is 1. The molecule has 10 heteroatoms. The number of methoxy groups -OCH3 is 1. The quantitative estimate of drug-likeness (QED) is 0.306. The molecule has 0 spiro atoms. The fourth-order valence-electron chi connectivity index (χ4n) is 2.34. The zero-order valence-corrected chi connectivity index (χ0v) is 17.5. The van der Waals surface area contributed by atoms with Gasteiger partial charge >= 0.3 is 5.69 Å². The van der Waals surface area contributed by atoms with Gasteiger partial charge in [-0.2, -0.15) is 5.10 Å². The van der Waals surface area contributed by atoms with E-state index in [-0.39, 0.29) is 34.2 Å². The normalized spacial score (nSPS) is 10.9. The Morgan fingerprint density at radius 1 is 1.29 bits per heavy atom. The van der Waals surface area contributed by atoms with E-state index < -0.39 is 4.92 Å². The molecular formula is C18H17BrN4O4S. The van der Waals surface area contributed by atoms with E-state index in [0.717, 1.165) is 11.3 Å². The minimum absolute atomic E-state index is 0. The average molecular weight is 465 g/mol. The van der Waals surface area contributed by atoms with Crippen molar-refractivity contribution < 1.29 is 14.8 Å². The molecule has 3 rings (SSSR count). The summed E-state index contributed by atoms with van der Waals surface area (Å²) in [6, 6.07) is 11.4. The van der Waals surface area contributed by atoms with E-state index in [1.807, 2.05) is 5.38 Å². The lowest BCUT2D eigenvalue weighted by Gasteiger charge is -2.05. The van der Waals surface area contributed by atoms with E-state index in [1.54, 1.807) is 43.3 Å². The van der Waals surface area contributed by atoms with E-state index in [1.165, 1.54) is 24.5 Å². The van der Waals surface area contributed by atoms with E-state index in [4.69, 9.17) is 4.74 Å². The molecule has 0 unspecified atom stereocenters. The summed E-state index contributed by atoms with van der Waals surface area (Å²) in [6.45, 7) is 1.74. The van der Waals surface area contributed by atoms with Gasteiger partial charge in [0.05, 0.1) is 23.4 Å². The van der Waals surface area contributed by atoms with E-state index >= 15 is 0 Å². The van der Waals surface area contributed by atoms with E-state index in [0.29, 0.717) is 16.4 Å². The summed E-state index contributed by atoms with van der Waals surface area (Å²) in [4.78, 5) is 15.1. The number of ether oxygens (including phenoxy) is 1. The topological polar surface area (TPSA) is 110 Å². The van der Waals surface area contributed by atoms with Crippen LogP contribution in [0.4, 0.5) is 10.8 Å². The maximum Gasteiger partial charge on any atom is 0.311 e. The third-order valence-corrected chi connectivity index (χ3v) is 4.53. The lowest BCUT2D eigenvalue weighted by atomic mass is 10.1. The van der Waals surface area contributed by atoms with Crippen molar-refractivity contribution in [3.05, 3.63) is 63.5 Å². The Kier molecular flexibility index (Phi) is 7.07. The van der Waals surface area contributed by atoms with Crippen molar-refractivity contribution in [3.8, 4) is 22.8 Å². The Bertz CT molecular complexity index is 1010. The third-order valence-electron chi connectivity index (χ3n) is 3.78. The molecule has 0 radical (unpaired) electrons. The Labute approximate surface area is 175 Å². The summed E-state index contributed by atoms with van der Waals surface area (Å²) in [5.41, 5.74) is 5.56. The first-order chi connectivity index (χ1) is 13.0. The standard InChI is InChI=1S/C18H16N4O4S.BrH/c1-11(13-5-8-17(26-2)16(9-13)22(24)25)20-21-18-19-15(10-27-18)12-3-6-14(23)7-4-12;/h3-10,23H,1-2H3,(H,19,21);1H/b20-11+;. The van der Waals surface area contributed by atoms with Crippen molar-refractivity contribution in [1.29, 1.82) is 0 Å². The zero-order chi connectivity index (χ0) is 19.4. The summed E-state index contributed by atoms with van der Waals surface area (Å²) in [5.74, 6) is 0.393. The van der Waals surface area contributed by atoms with Crippen molar-refractivity contribution in [3.63, 3.8) is 0 Å². The van der Waals surface area contributed by atoms with Gasteiger partial charge in [0.15, 0.2) is 5.75 Å². The molecule has 0 aliphatic heterocycles. The fourth-order valence-corrected chi connectivity index (χ4v) is 3.01. The lowest BCUT2D eigenvalue weighted by Crippen LogP contribution is -2.02. The molecule has 28 heavy (non-hydrogen) atoms. The number of hydrogen-bond donors (Lipinski definition) is 2. The van der Waals surface area contributed by atoms with Crippen molar-refractivity contribution in [2.45, 2.75) is 6.92 Å². The fraction of sp³-hybridized carbons (Fsp3) is 0.111. The van der Waals surface area contributed by atoms with Gasteiger partial charge in [-0.15, -0.1) is 28.3 Å². The van der Waals surface area contributed by atoms with Gasteiger partial charge in [0.1, 0.15) is 5.75 Å². The van der Waals surface area contributed by atoms with Crippen LogP contribution < -0.4 is 10.2 Å². The zero-order valence-electron chi connectivity index (χ0n) is 14.9. The van der Waals surface area contributed by atoms with Crippen LogP contribution >= 0.6 is 28.3 Å². The molecular weight excluding hydrogens is 448 g/mol. The molecule has 0 saturated carbocycles. The number of aromatic nitrogens is 1. The number of hydrogen-bond acceptors (Lipinski definition) is 8. The second-order valence-corrected chi connectivity index (χ2v) is 6.40. The number of halogens is 1. The van der Waals surface area contributed by atoms with Crippen LogP contribution in [-0.4, -0.2) is 27.8 Å². The van der Waals surface area contributed by atoms with E-state index in [2.05, 4.69) is 15.5 Å². The second-order valence-electron chi connectivity index (χ2n) is 5.54. The van der Waals surface area contributed by atoms with Gasteiger partial charge in [0.2, 0.25) is 5.13 Å². The average Bonchev–Trinajstić information content (AvgIpc) is 3.15. The summed E-state index contributed by atoms with van der Waals surface area (Å²) in [5, 5.41) is 27.2. The molecule has 0 aliphatic rings. The first-order valence-electron chi connectivity index (χ1n) is 7.86. The minimum atomic E-state index is -0.492. The van der Waals surface area contributed by atoms with Crippen LogP contribution in [0.2, 0.25) is 0 Å². The summed E-state index contributed by atoms with van der Waals surface area (Å²) >= 11 is 1.38. The number of hydrazone groups is 1. The number of nitro groups is 1. The molecule has 0 amide bonds. The van der Waals surface area contributed by atoms with Gasteiger partial charge in [0, 0.05) is 22.6 Å². The summed E-state index contributed by atoms with van der Waals surface area (Å²) in [6.07, 6.45) is 0. The Morgan fingerprint density at radius 3 is 2.64 bits per heavy atom. The molecule has 0 saturated heterocycles. The highest BCUT2D eigenvalue weighted by molar-refractivity contribution is 8.93. The first-order valence-corrected chi connectivity index (χ1v) is 8.74. The first kappa shape index (κ1) is 21.3. The molecule has 2 N–H and O–H groups in total. The number of benzene rings is 2. The number of rotatable bonds is 6. The van der Waals surface area contributed by atoms with Gasteiger partial charge in [-0.3, -0.25) is 15.5 Å². The minimum Gasteiger partial charge on any atom is -0.508 e. The van der Waals surface area contributed by atoms with E-state index in [9.17, 15) is 15.2 Å². The molecule has 0 aliphatic carbocycles. The second kappa shape index (κ2) is 9.29. The molecule has 1 aromatic heterocycles. The van der Waals surface area contributed by atoms with Gasteiger partial charge in [-0.25, -0.2) is 4.98 Å². The Balaban J connectivity index is 0.00000280. The van der Waals surface area contributed by atoms with Gasteiger partial charge in [0.25, 0.3) is 0 Å². The largest absolute Gasteiger partial charge is 0.508 e. The van der Waals surface area contributed by atoms with Crippen LogP contribution in [-0.2, 0) is 0 Å². The van der Waals surface area contributed by atoms with Crippen molar-refractivity contribution in [2.75, 3.05) is 12.5 Å². The molecule has 0 atom stereocenters. The van der Waals surface area contributed by atoms with Gasteiger partial charge in [-0.1, -0.05) is 0 Å². The number of nitro benzene ring substituents is 1. The molecule has 0 fully saturated rings. The number of anilines is 1. The van der Waals surface area contributed by atoms with Gasteiger partial charge in [-0.05, 0) is 43.3 Å². The highest BCUT2D eigenvalue weighted by atomic mass is 79.9. The van der Waals surface area contributed by atoms with Crippen LogP contribution in [0, 0.1) is 10.1 Å². The molecule has 8 nitrogen and oxygen atoms in total. The SMILES string of the molecule is Br.COc1ccc(/C(C)=N/Nc2nc(-c3ccc(O)cc3)cs2)cc1[N+](=O)[O-]. The number of nitrogens with zero attached hydrogens (tertiary/aromatic N) is 3. The smallest absolute Gasteiger partial charge is 0.311 e. The molecule has 1 heterocycles. The predicted octanol–water partition coefficient (Wildman–Crippen LogP) is 4.85. The van der Waals surface area contributed by atoms with Crippen molar-refractivity contribution in [1.82, 2.24) is 4.98 Å². The molecule has 2 aromatic carbocycles. The van der Waals surface area contributed by atoms with Crippen LogP contribution in [0.3, 0.4) is 0 Å². The monoisotopic (exact) mass is 464 g/mol. The summed E-state index contributed by atoms with van der Waals surface area (Å²) < 4.78 is 5.00. The molecule has 0 bridgehead atoms. The van der Waals surface area contributed by atoms with Crippen LogP contribution in [0.1, 0.15) is 12.5 Å². The number of thiazole rings is 1.